The maximum Gasteiger partial charge on any atom is 0.417 e. The summed E-state index contributed by atoms with van der Waals surface area (Å²) in [6, 6.07) is 19.4. The zero-order chi connectivity index (χ0) is 23.1. The Bertz CT molecular complexity index is 1380. The third kappa shape index (κ3) is 4.42. The molecule has 4 rings (SSSR count). The van der Waals surface area contributed by atoms with Crippen LogP contribution in [-0.2, 0) is 16.0 Å². The molecule has 32 heavy (non-hydrogen) atoms. The van der Waals surface area contributed by atoms with Gasteiger partial charge in [0.15, 0.2) is 9.84 Å². The topological polar surface area (TPSA) is 52.0 Å². The number of benzene rings is 3. The highest BCUT2D eigenvalue weighted by molar-refractivity contribution is 7.90. The standard InChI is InChI=1S/C23H16ClF3N2O2S/c1-32(30,31)18-12-10-17(11-13-18)29-22(19-4-2-3-5-20(19)23(25,26)27)14-21(28-29)15-6-8-16(24)9-7-15/h2-14H,1H3. The lowest BCUT2D eigenvalue weighted by molar-refractivity contribution is -0.137. The van der Waals surface area contributed by atoms with Crippen LogP contribution in [-0.4, -0.2) is 24.5 Å². The van der Waals surface area contributed by atoms with E-state index in [4.69, 9.17) is 11.6 Å². The van der Waals surface area contributed by atoms with E-state index in [0.29, 0.717) is 22.0 Å². The fraction of sp³-hybridized carbons (Fsp3) is 0.0870. The summed E-state index contributed by atoms with van der Waals surface area (Å²) < 4.78 is 66.1. The molecule has 0 saturated carbocycles. The fourth-order valence-corrected chi connectivity index (χ4v) is 4.08. The molecule has 0 atom stereocenters. The Morgan fingerprint density at radius 2 is 1.53 bits per heavy atom. The Labute approximate surface area is 187 Å². The Kier molecular flexibility index (Phi) is 5.60. The van der Waals surface area contributed by atoms with Gasteiger partial charge in [-0.2, -0.15) is 18.3 Å². The summed E-state index contributed by atoms with van der Waals surface area (Å²) in [5.74, 6) is 0. The summed E-state index contributed by atoms with van der Waals surface area (Å²) in [6.07, 6.45) is -3.48. The van der Waals surface area contributed by atoms with Crippen molar-refractivity contribution in [2.75, 3.05) is 6.26 Å². The van der Waals surface area contributed by atoms with Gasteiger partial charge in [-0.15, -0.1) is 0 Å². The molecular weight excluding hydrogens is 461 g/mol. The van der Waals surface area contributed by atoms with Gasteiger partial charge in [-0.1, -0.05) is 41.9 Å². The molecule has 0 bridgehead atoms. The van der Waals surface area contributed by atoms with Gasteiger partial charge in [0, 0.05) is 22.4 Å². The van der Waals surface area contributed by atoms with E-state index in [1.54, 1.807) is 30.3 Å². The minimum Gasteiger partial charge on any atom is -0.232 e. The first-order chi connectivity index (χ1) is 15.0. The molecule has 1 aromatic heterocycles. The molecular formula is C23H16ClF3N2O2S. The summed E-state index contributed by atoms with van der Waals surface area (Å²) in [6.45, 7) is 0. The first-order valence-corrected chi connectivity index (χ1v) is 11.6. The molecule has 0 fully saturated rings. The molecule has 0 saturated heterocycles. The average molecular weight is 477 g/mol. The van der Waals surface area contributed by atoms with E-state index in [9.17, 15) is 21.6 Å². The van der Waals surface area contributed by atoms with Crippen LogP contribution in [0.3, 0.4) is 0 Å². The van der Waals surface area contributed by atoms with Crippen LogP contribution in [0.25, 0.3) is 28.2 Å². The third-order valence-corrected chi connectivity index (χ3v) is 6.25. The number of hydrogen-bond acceptors (Lipinski definition) is 3. The van der Waals surface area contributed by atoms with Gasteiger partial charge in [-0.05, 0) is 48.5 Å². The van der Waals surface area contributed by atoms with E-state index in [0.717, 1.165) is 12.3 Å². The van der Waals surface area contributed by atoms with E-state index in [2.05, 4.69) is 5.10 Å². The molecule has 4 nitrogen and oxygen atoms in total. The van der Waals surface area contributed by atoms with Crippen LogP contribution < -0.4 is 0 Å². The van der Waals surface area contributed by atoms with Crippen LogP contribution in [0.5, 0.6) is 0 Å². The van der Waals surface area contributed by atoms with Gasteiger partial charge in [-0.3, -0.25) is 0 Å². The highest BCUT2D eigenvalue weighted by Crippen LogP contribution is 2.39. The predicted molar refractivity (Wildman–Crippen MR) is 118 cm³/mol. The van der Waals surface area contributed by atoms with Crippen molar-refractivity contribution in [2.24, 2.45) is 0 Å². The molecule has 9 heteroatoms. The zero-order valence-corrected chi connectivity index (χ0v) is 18.2. The van der Waals surface area contributed by atoms with Gasteiger partial charge in [0.05, 0.1) is 27.5 Å². The highest BCUT2D eigenvalue weighted by Gasteiger charge is 2.34. The van der Waals surface area contributed by atoms with Gasteiger partial charge in [-0.25, -0.2) is 13.1 Å². The van der Waals surface area contributed by atoms with Crippen molar-refractivity contribution in [1.82, 2.24) is 9.78 Å². The molecule has 0 N–H and O–H groups in total. The molecule has 0 aliphatic carbocycles. The summed E-state index contributed by atoms with van der Waals surface area (Å²) >= 11 is 5.95. The monoisotopic (exact) mass is 476 g/mol. The molecule has 164 valence electrons. The lowest BCUT2D eigenvalue weighted by Crippen LogP contribution is -2.09. The normalized spacial score (nSPS) is 12.2. The van der Waals surface area contributed by atoms with Gasteiger partial charge in [0.1, 0.15) is 0 Å². The van der Waals surface area contributed by atoms with E-state index >= 15 is 0 Å². The van der Waals surface area contributed by atoms with Crippen molar-refractivity contribution in [1.29, 1.82) is 0 Å². The zero-order valence-electron chi connectivity index (χ0n) is 16.6. The van der Waals surface area contributed by atoms with E-state index < -0.39 is 21.6 Å². The van der Waals surface area contributed by atoms with Crippen LogP contribution in [0.2, 0.25) is 5.02 Å². The summed E-state index contributed by atoms with van der Waals surface area (Å²) in [5, 5.41) is 5.05. The van der Waals surface area contributed by atoms with E-state index in [1.807, 2.05) is 0 Å². The molecule has 0 unspecified atom stereocenters. The number of alkyl halides is 3. The molecule has 4 aromatic rings. The smallest absolute Gasteiger partial charge is 0.232 e. The Morgan fingerprint density at radius 3 is 2.12 bits per heavy atom. The van der Waals surface area contributed by atoms with Gasteiger partial charge in [0.2, 0.25) is 0 Å². The van der Waals surface area contributed by atoms with Crippen molar-refractivity contribution < 1.29 is 21.6 Å². The summed E-state index contributed by atoms with van der Waals surface area (Å²) in [7, 11) is -3.42. The number of aromatic nitrogens is 2. The number of halogens is 4. The summed E-state index contributed by atoms with van der Waals surface area (Å²) in [4.78, 5) is 0.101. The second-order valence-electron chi connectivity index (χ2n) is 7.14. The van der Waals surface area contributed by atoms with Crippen LogP contribution in [0.1, 0.15) is 5.56 Å². The van der Waals surface area contributed by atoms with Crippen LogP contribution >= 0.6 is 11.6 Å². The molecule has 0 aliphatic rings. The lowest BCUT2D eigenvalue weighted by Gasteiger charge is -2.14. The minimum absolute atomic E-state index is 0.0418. The number of sulfone groups is 1. The van der Waals surface area contributed by atoms with Crippen LogP contribution in [0, 0.1) is 0 Å². The third-order valence-electron chi connectivity index (χ3n) is 4.87. The van der Waals surface area contributed by atoms with Gasteiger partial charge < -0.3 is 0 Å². The molecule has 1 heterocycles. The number of rotatable bonds is 4. The van der Waals surface area contributed by atoms with E-state index in [1.165, 1.54) is 47.1 Å². The maximum absolute atomic E-state index is 13.7. The first kappa shape index (κ1) is 22.1. The average Bonchev–Trinajstić information content (AvgIpc) is 3.18. The largest absolute Gasteiger partial charge is 0.417 e. The lowest BCUT2D eigenvalue weighted by atomic mass is 10.0. The van der Waals surface area contributed by atoms with Crippen molar-refractivity contribution >= 4 is 21.4 Å². The van der Waals surface area contributed by atoms with Crippen molar-refractivity contribution in [2.45, 2.75) is 11.1 Å². The predicted octanol–water partition coefficient (Wildman–Crippen LogP) is 6.28. The quantitative estimate of drug-likeness (QED) is 0.348. The van der Waals surface area contributed by atoms with Gasteiger partial charge >= 0.3 is 6.18 Å². The van der Waals surface area contributed by atoms with Crippen LogP contribution in [0.4, 0.5) is 13.2 Å². The number of hydrogen-bond donors (Lipinski definition) is 0. The summed E-state index contributed by atoms with van der Waals surface area (Å²) in [5.41, 5.74) is 0.920. The fourth-order valence-electron chi connectivity index (χ4n) is 3.32. The molecule has 0 spiro atoms. The Balaban J connectivity index is 1.94. The first-order valence-electron chi connectivity index (χ1n) is 9.37. The van der Waals surface area contributed by atoms with Crippen molar-refractivity contribution in [3.63, 3.8) is 0 Å². The van der Waals surface area contributed by atoms with E-state index in [-0.39, 0.29) is 16.2 Å². The SMILES string of the molecule is CS(=O)(=O)c1ccc(-n2nc(-c3ccc(Cl)cc3)cc2-c2ccccc2C(F)(F)F)cc1. The van der Waals surface area contributed by atoms with Crippen molar-refractivity contribution in [3.8, 4) is 28.2 Å². The molecule has 0 amide bonds. The molecule has 0 aliphatic heterocycles. The molecule has 0 radical (unpaired) electrons. The second kappa shape index (κ2) is 8.11. The van der Waals surface area contributed by atoms with Gasteiger partial charge in [0.25, 0.3) is 0 Å². The second-order valence-corrected chi connectivity index (χ2v) is 9.60. The maximum atomic E-state index is 13.7. The van der Waals surface area contributed by atoms with Crippen molar-refractivity contribution in [3.05, 3.63) is 89.4 Å². The molecule has 3 aromatic carbocycles. The Hall–Kier alpha value is -3.10. The van der Waals surface area contributed by atoms with Crippen LogP contribution in [0.15, 0.2) is 83.8 Å². The Morgan fingerprint density at radius 1 is 0.906 bits per heavy atom. The number of nitrogens with zero attached hydrogens (tertiary/aromatic N) is 2. The highest BCUT2D eigenvalue weighted by atomic mass is 35.5. The minimum atomic E-state index is -4.56.